The van der Waals surface area contributed by atoms with Crippen LogP contribution in [0.5, 0.6) is 0 Å². The van der Waals surface area contributed by atoms with Crippen molar-refractivity contribution in [3.8, 4) is 0 Å². The Bertz CT molecular complexity index is 334. The van der Waals surface area contributed by atoms with Gasteiger partial charge in [-0.3, -0.25) is 9.59 Å². The maximum Gasteiger partial charge on any atom is 0.242 e. The van der Waals surface area contributed by atoms with Gasteiger partial charge in [-0.2, -0.15) is 0 Å². The maximum atomic E-state index is 12.1. The molecule has 1 N–H and O–H groups in total. The molecule has 2 aliphatic heterocycles. The molecule has 0 saturated carbocycles. The van der Waals surface area contributed by atoms with Crippen LogP contribution in [0.25, 0.3) is 0 Å². The third-order valence-electron chi connectivity index (χ3n) is 3.38. The zero-order chi connectivity index (χ0) is 13.1. The molecule has 6 heteroatoms. The molecule has 18 heavy (non-hydrogen) atoms. The van der Waals surface area contributed by atoms with Crippen molar-refractivity contribution in [3.63, 3.8) is 0 Å². The molecule has 102 valence electrons. The molecule has 2 amide bonds. The summed E-state index contributed by atoms with van der Waals surface area (Å²) in [6.45, 7) is 3.55. The molecule has 2 saturated heterocycles. The van der Waals surface area contributed by atoms with Crippen LogP contribution in [-0.4, -0.2) is 71.7 Å². The molecule has 2 rings (SSSR count). The second-order valence-corrected chi connectivity index (χ2v) is 4.97. The van der Waals surface area contributed by atoms with Gasteiger partial charge in [-0.25, -0.2) is 0 Å². The summed E-state index contributed by atoms with van der Waals surface area (Å²) in [7, 11) is 0. The molecule has 2 heterocycles. The van der Waals surface area contributed by atoms with Crippen LogP contribution < -0.4 is 0 Å². The topological polar surface area (TPSA) is 70.1 Å². The van der Waals surface area contributed by atoms with E-state index in [1.165, 1.54) is 0 Å². The van der Waals surface area contributed by atoms with Gasteiger partial charge in [0.15, 0.2) is 0 Å². The van der Waals surface area contributed by atoms with Gasteiger partial charge < -0.3 is 19.6 Å². The van der Waals surface area contributed by atoms with Gasteiger partial charge in [0.05, 0.1) is 25.4 Å². The predicted octanol–water partition coefficient (Wildman–Crippen LogP) is -0.783. The van der Waals surface area contributed by atoms with E-state index in [0.29, 0.717) is 26.1 Å². The molecular formula is C12H20N2O4. The molecule has 0 radical (unpaired) electrons. The summed E-state index contributed by atoms with van der Waals surface area (Å²) in [6.07, 6.45) is 0.998. The minimum atomic E-state index is -0.313. The van der Waals surface area contributed by atoms with E-state index in [9.17, 15) is 9.59 Å². The van der Waals surface area contributed by atoms with E-state index in [1.54, 1.807) is 9.80 Å². The van der Waals surface area contributed by atoms with E-state index >= 15 is 0 Å². The minimum Gasteiger partial charge on any atom is -0.394 e. The quantitative estimate of drug-likeness (QED) is 0.719. The van der Waals surface area contributed by atoms with Crippen molar-refractivity contribution in [3.05, 3.63) is 0 Å². The zero-order valence-electron chi connectivity index (χ0n) is 10.7. The summed E-state index contributed by atoms with van der Waals surface area (Å²) in [4.78, 5) is 26.9. The van der Waals surface area contributed by atoms with Crippen molar-refractivity contribution in [2.24, 2.45) is 0 Å². The van der Waals surface area contributed by atoms with Crippen LogP contribution in [-0.2, 0) is 14.3 Å². The normalized spacial score (nSPS) is 28.9. The highest BCUT2D eigenvalue weighted by Crippen LogP contribution is 2.13. The molecule has 2 atom stereocenters. The molecule has 0 bridgehead atoms. The summed E-state index contributed by atoms with van der Waals surface area (Å²) >= 11 is 0. The standard InChI is InChI=1S/C12H20N2O4/c1-9-5-14(6-10(8-15)18-9)12(17)7-13-4-2-3-11(13)16/h9-10,15H,2-8H2,1H3. The molecular weight excluding hydrogens is 236 g/mol. The molecule has 2 fully saturated rings. The summed E-state index contributed by atoms with van der Waals surface area (Å²) in [6, 6.07) is 0. The predicted molar refractivity (Wildman–Crippen MR) is 63.8 cm³/mol. The summed E-state index contributed by atoms with van der Waals surface area (Å²) < 4.78 is 5.48. The van der Waals surface area contributed by atoms with E-state index < -0.39 is 0 Å². The third-order valence-corrected chi connectivity index (χ3v) is 3.38. The average molecular weight is 256 g/mol. The summed E-state index contributed by atoms with van der Waals surface area (Å²) in [5, 5.41) is 9.11. The van der Waals surface area contributed by atoms with E-state index in [1.807, 2.05) is 6.92 Å². The van der Waals surface area contributed by atoms with Crippen molar-refractivity contribution < 1.29 is 19.4 Å². The maximum absolute atomic E-state index is 12.1. The molecule has 0 aromatic rings. The Morgan fingerprint density at radius 1 is 1.50 bits per heavy atom. The number of hydrogen-bond donors (Lipinski definition) is 1. The van der Waals surface area contributed by atoms with Crippen molar-refractivity contribution in [2.45, 2.75) is 32.0 Å². The number of carbonyl (C=O) groups excluding carboxylic acids is 2. The van der Waals surface area contributed by atoms with Crippen LogP contribution in [0.4, 0.5) is 0 Å². The lowest BCUT2D eigenvalue weighted by atomic mass is 10.2. The Kier molecular flexibility index (Phi) is 4.19. The van der Waals surface area contributed by atoms with Crippen LogP contribution in [0.2, 0.25) is 0 Å². The molecule has 0 spiro atoms. The highest BCUT2D eigenvalue weighted by molar-refractivity contribution is 5.85. The average Bonchev–Trinajstić information content (AvgIpc) is 2.74. The first kappa shape index (κ1) is 13.3. The highest BCUT2D eigenvalue weighted by Gasteiger charge is 2.30. The fraction of sp³-hybridized carbons (Fsp3) is 0.833. The van der Waals surface area contributed by atoms with E-state index in [4.69, 9.17) is 9.84 Å². The Morgan fingerprint density at radius 2 is 2.28 bits per heavy atom. The highest BCUT2D eigenvalue weighted by atomic mass is 16.5. The number of likely N-dealkylation sites (tertiary alicyclic amines) is 1. The van der Waals surface area contributed by atoms with Gasteiger partial charge in [0.2, 0.25) is 11.8 Å². The number of carbonyl (C=O) groups is 2. The number of morpholine rings is 1. The van der Waals surface area contributed by atoms with Gasteiger partial charge >= 0.3 is 0 Å². The Balaban J connectivity index is 1.89. The lowest BCUT2D eigenvalue weighted by molar-refractivity contribution is -0.150. The number of rotatable bonds is 3. The third kappa shape index (κ3) is 3.00. The number of aliphatic hydroxyl groups is 1. The van der Waals surface area contributed by atoms with Gasteiger partial charge in [0, 0.05) is 26.1 Å². The van der Waals surface area contributed by atoms with Gasteiger partial charge in [-0.05, 0) is 13.3 Å². The first-order valence-corrected chi connectivity index (χ1v) is 6.42. The molecule has 0 aliphatic carbocycles. The fourth-order valence-corrected chi connectivity index (χ4v) is 2.48. The van der Waals surface area contributed by atoms with Crippen molar-refractivity contribution in [2.75, 3.05) is 32.8 Å². The van der Waals surface area contributed by atoms with Crippen LogP contribution >= 0.6 is 0 Å². The minimum absolute atomic E-state index is 0.0566. The first-order chi connectivity index (χ1) is 8.60. The number of hydrogen-bond acceptors (Lipinski definition) is 4. The molecule has 2 aliphatic rings. The number of ether oxygens (including phenoxy) is 1. The van der Waals surface area contributed by atoms with Gasteiger partial charge in [-0.15, -0.1) is 0 Å². The van der Waals surface area contributed by atoms with E-state index in [0.717, 1.165) is 6.42 Å². The summed E-state index contributed by atoms with van der Waals surface area (Å²) in [5.41, 5.74) is 0. The first-order valence-electron chi connectivity index (χ1n) is 6.42. The fourth-order valence-electron chi connectivity index (χ4n) is 2.48. The SMILES string of the molecule is CC1CN(C(=O)CN2CCCC2=O)CC(CO)O1. The van der Waals surface area contributed by atoms with Crippen LogP contribution in [0, 0.1) is 0 Å². The largest absolute Gasteiger partial charge is 0.394 e. The Morgan fingerprint density at radius 3 is 2.89 bits per heavy atom. The monoisotopic (exact) mass is 256 g/mol. The molecule has 6 nitrogen and oxygen atoms in total. The van der Waals surface area contributed by atoms with Crippen molar-refractivity contribution in [1.29, 1.82) is 0 Å². The zero-order valence-corrected chi connectivity index (χ0v) is 10.7. The Hall–Kier alpha value is -1.14. The van der Waals surface area contributed by atoms with E-state index in [2.05, 4.69) is 0 Å². The lowest BCUT2D eigenvalue weighted by Gasteiger charge is -2.36. The second-order valence-electron chi connectivity index (χ2n) is 4.97. The molecule has 0 aromatic heterocycles. The molecule has 0 aromatic carbocycles. The van der Waals surface area contributed by atoms with Crippen molar-refractivity contribution >= 4 is 11.8 Å². The van der Waals surface area contributed by atoms with Gasteiger partial charge in [0.25, 0.3) is 0 Å². The van der Waals surface area contributed by atoms with Gasteiger partial charge in [-0.1, -0.05) is 0 Å². The van der Waals surface area contributed by atoms with Crippen molar-refractivity contribution in [1.82, 2.24) is 9.80 Å². The second kappa shape index (κ2) is 5.67. The van der Waals surface area contributed by atoms with Crippen LogP contribution in [0.3, 0.4) is 0 Å². The lowest BCUT2D eigenvalue weighted by Crippen LogP contribution is -2.52. The number of nitrogens with zero attached hydrogens (tertiary/aromatic N) is 2. The smallest absolute Gasteiger partial charge is 0.242 e. The molecule has 2 unspecified atom stereocenters. The van der Waals surface area contributed by atoms with Crippen LogP contribution in [0.1, 0.15) is 19.8 Å². The van der Waals surface area contributed by atoms with Gasteiger partial charge in [0.1, 0.15) is 0 Å². The van der Waals surface area contributed by atoms with Crippen LogP contribution in [0.15, 0.2) is 0 Å². The number of amides is 2. The Labute approximate surface area is 106 Å². The summed E-state index contributed by atoms with van der Waals surface area (Å²) in [5.74, 6) is 0.00205. The van der Waals surface area contributed by atoms with E-state index in [-0.39, 0.29) is 37.2 Å². The number of aliphatic hydroxyl groups excluding tert-OH is 1.